The van der Waals surface area contributed by atoms with Crippen LogP contribution in [0.25, 0.3) is 0 Å². The Kier molecular flexibility index (Phi) is 7.97. The van der Waals surface area contributed by atoms with Crippen LogP contribution in [0.4, 0.5) is 11.4 Å². The van der Waals surface area contributed by atoms with Crippen LogP contribution in [-0.2, 0) is 15.7 Å². The molecule has 31 heavy (non-hydrogen) atoms. The van der Waals surface area contributed by atoms with E-state index in [1.807, 2.05) is 86.5 Å². The molecule has 159 valence electrons. The van der Waals surface area contributed by atoms with Gasteiger partial charge in [-0.05, 0) is 53.1 Å². The van der Waals surface area contributed by atoms with E-state index < -0.39 is 15.7 Å². The summed E-state index contributed by atoms with van der Waals surface area (Å²) in [6, 6.07) is 20.7. The third-order valence-electron chi connectivity index (χ3n) is 5.17. The van der Waals surface area contributed by atoms with Crippen molar-refractivity contribution in [3.63, 3.8) is 0 Å². The topological polar surface area (TPSA) is 81.1 Å². The van der Waals surface area contributed by atoms with Gasteiger partial charge in [0.25, 0.3) is 10.1 Å². The number of nitrogens with zero attached hydrogens (tertiary/aromatic N) is 2. The molecule has 0 bridgehead atoms. The van der Waals surface area contributed by atoms with Gasteiger partial charge >= 0.3 is 0 Å². The van der Waals surface area contributed by atoms with Gasteiger partial charge in [0.2, 0.25) is 0 Å². The Morgan fingerprint density at radius 3 is 1.19 bits per heavy atom. The molecule has 0 amide bonds. The van der Waals surface area contributed by atoms with E-state index in [9.17, 15) is 18.1 Å². The van der Waals surface area contributed by atoms with Crippen LogP contribution in [0.15, 0.2) is 77.7 Å². The zero-order valence-electron chi connectivity index (χ0n) is 18.4. The fourth-order valence-corrected chi connectivity index (χ4v) is 3.85. The minimum atomic E-state index is -4.32. The Morgan fingerprint density at radius 1 is 0.645 bits per heavy atom. The number of hydrogen-bond acceptors (Lipinski definition) is 5. The fraction of sp³-hybridized carbons (Fsp3) is 0.217. The van der Waals surface area contributed by atoms with Gasteiger partial charge in [0.05, 0.1) is 4.90 Å². The van der Waals surface area contributed by atoms with Crippen molar-refractivity contribution in [2.75, 3.05) is 38.0 Å². The summed E-state index contributed by atoms with van der Waals surface area (Å²) in [5.41, 5.74) is 2.25. The molecule has 3 aromatic carbocycles. The molecule has 3 aromatic rings. The van der Waals surface area contributed by atoms with Gasteiger partial charge in [0.15, 0.2) is 0 Å². The number of rotatable bonds is 6. The monoisotopic (exact) mass is 449 g/mol. The number of benzene rings is 3. The third-order valence-corrected chi connectivity index (χ3v) is 6.04. The molecule has 0 aliphatic rings. The normalized spacial score (nSPS) is 11.5. The summed E-state index contributed by atoms with van der Waals surface area (Å²) in [5.74, 6) is 0. The first-order valence-electron chi connectivity index (χ1n) is 9.39. The van der Waals surface area contributed by atoms with E-state index >= 15 is 0 Å². The summed E-state index contributed by atoms with van der Waals surface area (Å²) in [5, 5.41) is 11.9. The van der Waals surface area contributed by atoms with Crippen molar-refractivity contribution in [3.8, 4) is 0 Å². The maximum absolute atomic E-state index is 11.9. The van der Waals surface area contributed by atoms with Crippen LogP contribution in [0.1, 0.15) is 16.7 Å². The van der Waals surface area contributed by atoms with Crippen LogP contribution in [0.3, 0.4) is 0 Å². The molecule has 0 saturated heterocycles. The van der Waals surface area contributed by atoms with Gasteiger partial charge in [-0.15, -0.1) is 0 Å². The van der Waals surface area contributed by atoms with E-state index in [1.54, 1.807) is 0 Å². The molecule has 0 spiro atoms. The molecule has 0 unspecified atom stereocenters. The molecule has 2 N–H and O–H groups in total. The Morgan fingerprint density at radius 2 is 0.935 bits per heavy atom. The molecule has 6 nitrogen and oxygen atoms in total. The molecule has 0 fully saturated rings. The zero-order valence-corrected chi connectivity index (χ0v) is 21.3. The first kappa shape index (κ1) is 25.4. The van der Waals surface area contributed by atoms with Crippen molar-refractivity contribution < 1.29 is 18.1 Å². The van der Waals surface area contributed by atoms with Crippen molar-refractivity contribution in [3.05, 3.63) is 89.5 Å². The molecule has 0 heterocycles. The van der Waals surface area contributed by atoms with E-state index in [0.717, 1.165) is 11.4 Å². The number of hydrogen-bond donors (Lipinski definition) is 2. The maximum Gasteiger partial charge on any atom is 0.294 e. The predicted molar refractivity (Wildman–Crippen MR) is 126 cm³/mol. The summed E-state index contributed by atoms with van der Waals surface area (Å²) in [6.45, 7) is 0. The second-order valence-electron chi connectivity index (χ2n) is 7.59. The van der Waals surface area contributed by atoms with E-state index in [0.29, 0.717) is 16.7 Å². The first-order chi connectivity index (χ1) is 14.0. The zero-order chi connectivity index (χ0) is 22.1. The molecule has 0 aliphatic carbocycles. The summed E-state index contributed by atoms with van der Waals surface area (Å²) in [4.78, 5) is 3.71. The average Bonchev–Trinajstić information content (AvgIpc) is 2.72. The second kappa shape index (κ2) is 9.73. The Labute approximate surface area is 206 Å². The van der Waals surface area contributed by atoms with Crippen LogP contribution >= 0.6 is 0 Å². The molecule has 8 heteroatoms. The van der Waals surface area contributed by atoms with Crippen LogP contribution < -0.4 is 9.80 Å². The van der Waals surface area contributed by atoms with Gasteiger partial charge in [-0.2, -0.15) is 8.42 Å². The van der Waals surface area contributed by atoms with Crippen molar-refractivity contribution in [2.24, 2.45) is 0 Å². The molecule has 0 saturated carbocycles. The smallest absolute Gasteiger partial charge is 0.294 e. The quantitative estimate of drug-likeness (QED) is 0.342. The van der Waals surface area contributed by atoms with Gasteiger partial charge in [0.1, 0.15) is 5.60 Å². The average molecular weight is 450 g/mol. The van der Waals surface area contributed by atoms with E-state index in [-0.39, 0.29) is 34.5 Å². The van der Waals surface area contributed by atoms with Gasteiger partial charge in [-0.25, -0.2) is 0 Å². The number of aliphatic hydroxyl groups is 1. The Bertz CT molecular complexity index is 1060. The second-order valence-corrected chi connectivity index (χ2v) is 9.01. The van der Waals surface area contributed by atoms with Crippen molar-refractivity contribution >= 4 is 51.1 Å². The minimum absolute atomic E-state index is 0. The number of anilines is 2. The van der Waals surface area contributed by atoms with Gasteiger partial charge in [-0.1, -0.05) is 36.4 Å². The van der Waals surface area contributed by atoms with Crippen LogP contribution in [0.2, 0.25) is 0 Å². The first-order valence-corrected chi connectivity index (χ1v) is 10.8. The molecule has 1 radical (unpaired) electrons. The Hall–Kier alpha value is -1.87. The molecular weight excluding hydrogens is 423 g/mol. The van der Waals surface area contributed by atoms with Gasteiger partial charge < -0.3 is 14.9 Å². The molecule has 0 aromatic heterocycles. The van der Waals surface area contributed by atoms with Crippen LogP contribution in [-0.4, -0.2) is 75.8 Å². The molecule has 0 aliphatic heterocycles. The summed E-state index contributed by atoms with van der Waals surface area (Å²) < 4.78 is 32.1. The van der Waals surface area contributed by atoms with Crippen LogP contribution in [0.5, 0.6) is 0 Å². The summed E-state index contributed by atoms with van der Waals surface area (Å²) in [6.07, 6.45) is 0. The van der Waals surface area contributed by atoms with Crippen molar-refractivity contribution in [1.29, 1.82) is 0 Å². The third kappa shape index (κ3) is 5.31. The molecule has 3 rings (SSSR count). The van der Waals surface area contributed by atoms with E-state index in [4.69, 9.17) is 0 Å². The predicted octanol–water partition coefficient (Wildman–Crippen LogP) is 2.97. The molecule has 0 atom stereocenters. The summed E-state index contributed by atoms with van der Waals surface area (Å²) >= 11 is 0. The SMILES string of the molecule is CN(C)c1ccc(C(O)(c2ccc(N(C)C)cc2)c2ccc(S(=O)(=O)O)cc2)cc1.[Na]. The standard InChI is InChI=1S/C23H26N2O4S.Na/c1-24(2)20-11-5-17(6-12-20)23(26,18-7-13-21(14-8-18)25(3)4)19-9-15-22(16-10-19)30(27,28)29;/h5-16,26H,1-4H3,(H,27,28,29);. The minimum Gasteiger partial charge on any atom is -0.378 e. The van der Waals surface area contributed by atoms with E-state index in [1.165, 1.54) is 24.3 Å². The largest absolute Gasteiger partial charge is 0.378 e. The van der Waals surface area contributed by atoms with Crippen LogP contribution in [0, 0.1) is 0 Å². The Balaban J connectivity index is 0.00000341. The maximum atomic E-state index is 11.9. The van der Waals surface area contributed by atoms with Crippen molar-refractivity contribution in [1.82, 2.24) is 0 Å². The van der Waals surface area contributed by atoms with Gasteiger partial charge in [-0.3, -0.25) is 4.55 Å². The fourth-order valence-electron chi connectivity index (χ4n) is 3.37. The van der Waals surface area contributed by atoms with Crippen molar-refractivity contribution in [2.45, 2.75) is 10.5 Å². The summed E-state index contributed by atoms with van der Waals surface area (Å²) in [7, 11) is 3.44. The van der Waals surface area contributed by atoms with Gasteiger partial charge in [0, 0.05) is 69.1 Å². The van der Waals surface area contributed by atoms with E-state index in [2.05, 4.69) is 0 Å². The molecular formula is C23H26N2NaO4S.